The van der Waals surface area contributed by atoms with Gasteiger partial charge in [-0.2, -0.15) is 0 Å². The number of aromatic nitrogens is 3. The minimum absolute atomic E-state index is 0.129. The molecule has 2 aromatic rings. The molecule has 0 bridgehead atoms. The Kier molecular flexibility index (Phi) is 6.09. The summed E-state index contributed by atoms with van der Waals surface area (Å²) in [4.78, 5) is 0. The molecule has 0 aliphatic carbocycles. The maximum Gasteiger partial charge on any atom is 0.209 e. The van der Waals surface area contributed by atoms with Crippen molar-refractivity contribution in [2.75, 3.05) is 18.2 Å². The number of hydrogen-bond donors (Lipinski definition) is 1. The molecule has 0 amide bonds. The van der Waals surface area contributed by atoms with Crippen LogP contribution in [-0.4, -0.2) is 33.3 Å². The summed E-state index contributed by atoms with van der Waals surface area (Å²) in [5.74, 6) is 8.37. The van der Waals surface area contributed by atoms with Crippen LogP contribution in [-0.2, 0) is 16.8 Å². The van der Waals surface area contributed by atoms with Crippen LogP contribution in [0.25, 0.3) is 0 Å². The lowest BCUT2D eigenvalue weighted by atomic mass is 9.87. The van der Waals surface area contributed by atoms with Gasteiger partial charge < -0.3 is 15.3 Å². The summed E-state index contributed by atoms with van der Waals surface area (Å²) >= 11 is 1.58. The molecule has 3 rings (SSSR count). The SMILES string of the molecule is CC(C)(C)c1ccc(OCc2nnc(SCC3CCCCO3)n2N)cc1. The van der Waals surface area contributed by atoms with E-state index in [2.05, 4.69) is 43.1 Å². The summed E-state index contributed by atoms with van der Waals surface area (Å²) in [6, 6.07) is 8.14. The van der Waals surface area contributed by atoms with Crippen molar-refractivity contribution in [1.29, 1.82) is 0 Å². The Morgan fingerprint density at radius 2 is 2.00 bits per heavy atom. The lowest BCUT2D eigenvalue weighted by Gasteiger charge is -2.21. The molecule has 0 radical (unpaired) electrons. The quantitative estimate of drug-likeness (QED) is 0.614. The third-order valence-corrected chi connectivity index (χ3v) is 5.57. The highest BCUT2D eigenvalue weighted by atomic mass is 32.2. The van der Waals surface area contributed by atoms with E-state index in [0.29, 0.717) is 17.6 Å². The van der Waals surface area contributed by atoms with Crippen molar-refractivity contribution in [2.24, 2.45) is 0 Å². The van der Waals surface area contributed by atoms with Crippen LogP contribution in [0.5, 0.6) is 5.75 Å². The second-order valence-electron chi connectivity index (χ2n) is 7.63. The minimum Gasteiger partial charge on any atom is -0.486 e. The molecule has 1 saturated heterocycles. The molecule has 1 aromatic carbocycles. The fourth-order valence-corrected chi connectivity index (χ4v) is 3.75. The average Bonchev–Trinajstić information content (AvgIpc) is 2.98. The van der Waals surface area contributed by atoms with Gasteiger partial charge in [-0.3, -0.25) is 0 Å². The van der Waals surface area contributed by atoms with Crippen molar-refractivity contribution in [1.82, 2.24) is 14.9 Å². The molecule has 142 valence electrons. The van der Waals surface area contributed by atoms with Crippen LogP contribution in [0.2, 0.25) is 0 Å². The molecule has 2 N–H and O–H groups in total. The predicted molar refractivity (Wildman–Crippen MR) is 104 cm³/mol. The van der Waals surface area contributed by atoms with Gasteiger partial charge in [0.1, 0.15) is 12.4 Å². The van der Waals surface area contributed by atoms with Gasteiger partial charge in [0.05, 0.1) is 6.10 Å². The summed E-state index contributed by atoms with van der Waals surface area (Å²) in [6.07, 6.45) is 3.78. The number of nitrogens with zero attached hydrogens (tertiary/aromatic N) is 3. The Labute approximate surface area is 159 Å². The third kappa shape index (κ3) is 4.92. The standard InChI is InChI=1S/C19H28N4O2S/c1-19(2,3)14-7-9-15(10-8-14)25-12-17-21-22-18(23(17)20)26-13-16-6-4-5-11-24-16/h7-10,16H,4-6,11-13,20H2,1-3H3. The van der Waals surface area contributed by atoms with Crippen LogP contribution in [0.4, 0.5) is 0 Å². The maximum absolute atomic E-state index is 6.11. The van der Waals surface area contributed by atoms with Gasteiger partial charge in [0.15, 0.2) is 5.82 Å². The lowest BCUT2D eigenvalue weighted by molar-refractivity contribution is 0.0315. The Balaban J connectivity index is 1.53. The second kappa shape index (κ2) is 8.31. The van der Waals surface area contributed by atoms with E-state index in [9.17, 15) is 0 Å². The zero-order valence-corrected chi connectivity index (χ0v) is 16.6. The first kappa shape index (κ1) is 19.0. The summed E-state index contributed by atoms with van der Waals surface area (Å²) in [5, 5.41) is 9.02. The minimum atomic E-state index is 0.129. The normalized spacial score (nSPS) is 18.0. The van der Waals surface area contributed by atoms with Crippen molar-refractivity contribution >= 4 is 11.8 Å². The Bertz CT molecular complexity index is 703. The van der Waals surface area contributed by atoms with Gasteiger partial charge in [-0.25, -0.2) is 4.68 Å². The van der Waals surface area contributed by atoms with Crippen molar-refractivity contribution < 1.29 is 9.47 Å². The highest BCUT2D eigenvalue weighted by molar-refractivity contribution is 7.99. The van der Waals surface area contributed by atoms with Crippen LogP contribution in [0.15, 0.2) is 29.4 Å². The zero-order chi connectivity index (χ0) is 18.6. The third-order valence-electron chi connectivity index (χ3n) is 4.50. The summed E-state index contributed by atoms with van der Waals surface area (Å²) < 4.78 is 13.1. The maximum atomic E-state index is 6.11. The average molecular weight is 377 g/mol. The van der Waals surface area contributed by atoms with Gasteiger partial charge in [-0.15, -0.1) is 10.2 Å². The monoisotopic (exact) mass is 376 g/mol. The van der Waals surface area contributed by atoms with E-state index >= 15 is 0 Å². The summed E-state index contributed by atoms with van der Waals surface area (Å²) in [7, 11) is 0. The smallest absolute Gasteiger partial charge is 0.209 e. The number of benzene rings is 1. The number of ether oxygens (including phenoxy) is 2. The highest BCUT2D eigenvalue weighted by Gasteiger charge is 2.17. The van der Waals surface area contributed by atoms with Gasteiger partial charge >= 0.3 is 0 Å². The van der Waals surface area contributed by atoms with E-state index < -0.39 is 0 Å². The summed E-state index contributed by atoms with van der Waals surface area (Å²) in [6.45, 7) is 7.72. The van der Waals surface area contributed by atoms with Crippen molar-refractivity contribution in [3.63, 3.8) is 0 Å². The first-order valence-corrected chi connectivity index (χ1v) is 10.1. The zero-order valence-electron chi connectivity index (χ0n) is 15.8. The summed E-state index contributed by atoms with van der Waals surface area (Å²) in [5.41, 5.74) is 1.40. The Morgan fingerprint density at radius 3 is 2.65 bits per heavy atom. The van der Waals surface area contributed by atoms with Gasteiger partial charge in [0.25, 0.3) is 0 Å². The van der Waals surface area contributed by atoms with Crippen LogP contribution >= 0.6 is 11.8 Å². The van der Waals surface area contributed by atoms with Crippen molar-refractivity contribution in [2.45, 2.75) is 63.3 Å². The molecule has 1 aromatic heterocycles. The van der Waals surface area contributed by atoms with Crippen LogP contribution in [0.1, 0.15) is 51.4 Å². The predicted octanol–water partition coefficient (Wildman–Crippen LogP) is 3.53. The molecule has 1 fully saturated rings. The van der Waals surface area contributed by atoms with Gasteiger partial charge in [-0.05, 0) is 42.4 Å². The highest BCUT2D eigenvalue weighted by Crippen LogP contribution is 2.25. The number of nitrogens with two attached hydrogens (primary N) is 1. The van der Waals surface area contributed by atoms with Crippen LogP contribution in [0.3, 0.4) is 0 Å². The molecule has 2 heterocycles. The number of rotatable bonds is 6. The van der Waals surface area contributed by atoms with E-state index in [1.165, 1.54) is 16.7 Å². The molecule has 0 saturated carbocycles. The molecule has 6 nitrogen and oxygen atoms in total. The fraction of sp³-hybridized carbons (Fsp3) is 0.579. The van der Waals surface area contributed by atoms with Crippen molar-refractivity contribution in [3.8, 4) is 5.75 Å². The molecule has 1 aliphatic heterocycles. The van der Waals surface area contributed by atoms with E-state index in [0.717, 1.165) is 31.0 Å². The van der Waals surface area contributed by atoms with Gasteiger partial charge in [0.2, 0.25) is 5.16 Å². The van der Waals surface area contributed by atoms with Crippen LogP contribution in [0, 0.1) is 0 Å². The molecule has 1 aliphatic rings. The molecular formula is C19H28N4O2S. The lowest BCUT2D eigenvalue weighted by Crippen LogP contribution is -2.22. The van der Waals surface area contributed by atoms with Gasteiger partial charge in [0, 0.05) is 12.4 Å². The molecule has 0 spiro atoms. The number of nitrogen functional groups attached to an aromatic ring is 1. The first-order chi connectivity index (χ1) is 12.4. The number of hydrogen-bond acceptors (Lipinski definition) is 6. The fourth-order valence-electron chi connectivity index (χ4n) is 2.81. The van der Waals surface area contributed by atoms with Crippen LogP contribution < -0.4 is 10.6 Å². The Hall–Kier alpha value is -1.73. The Morgan fingerprint density at radius 1 is 1.23 bits per heavy atom. The topological polar surface area (TPSA) is 75.2 Å². The molecule has 7 heteroatoms. The van der Waals surface area contributed by atoms with E-state index in [1.807, 2.05) is 12.1 Å². The van der Waals surface area contributed by atoms with Gasteiger partial charge in [-0.1, -0.05) is 44.7 Å². The van der Waals surface area contributed by atoms with E-state index in [-0.39, 0.29) is 11.5 Å². The number of thioether (sulfide) groups is 1. The van der Waals surface area contributed by atoms with E-state index in [1.54, 1.807) is 11.8 Å². The molecule has 1 unspecified atom stereocenters. The molecule has 26 heavy (non-hydrogen) atoms. The second-order valence-corrected chi connectivity index (χ2v) is 8.62. The van der Waals surface area contributed by atoms with Crippen molar-refractivity contribution in [3.05, 3.63) is 35.7 Å². The first-order valence-electron chi connectivity index (χ1n) is 9.10. The molecule has 1 atom stereocenters. The molecular weight excluding hydrogens is 348 g/mol. The van der Waals surface area contributed by atoms with E-state index in [4.69, 9.17) is 15.3 Å². The largest absolute Gasteiger partial charge is 0.486 e.